The molecule has 0 spiro atoms. The van der Waals surface area contributed by atoms with Crippen molar-refractivity contribution in [1.29, 1.82) is 5.53 Å². The Morgan fingerprint density at radius 2 is 1.95 bits per heavy atom. The van der Waals surface area contributed by atoms with Crippen molar-refractivity contribution in [3.8, 4) is 35.1 Å². The van der Waals surface area contributed by atoms with Gasteiger partial charge in [-0.15, -0.1) is 22.9 Å². The summed E-state index contributed by atoms with van der Waals surface area (Å²) in [6, 6.07) is 16.0. The van der Waals surface area contributed by atoms with E-state index in [1.54, 1.807) is 18.4 Å². The number of amidine groups is 1. The number of hydrogen-bond acceptors (Lipinski definition) is 7. The second-order valence-corrected chi connectivity index (χ2v) is 9.54. The number of terminal acetylenes is 1. The third-order valence-corrected chi connectivity index (χ3v) is 7.00. The molecule has 0 saturated carbocycles. The van der Waals surface area contributed by atoms with Crippen molar-refractivity contribution in [3.05, 3.63) is 76.8 Å². The Balaban J connectivity index is 0.00000280. The van der Waals surface area contributed by atoms with Crippen LogP contribution in [0.2, 0.25) is 0 Å². The zero-order valence-electron chi connectivity index (χ0n) is 21.8. The molecule has 0 aliphatic heterocycles. The second-order valence-electron chi connectivity index (χ2n) is 8.63. The third kappa shape index (κ3) is 7.57. The third-order valence-electron chi connectivity index (χ3n) is 6.03. The van der Waals surface area contributed by atoms with Gasteiger partial charge in [-0.3, -0.25) is 0 Å². The number of aryl methyl sites for hydroxylation is 1. The van der Waals surface area contributed by atoms with E-state index < -0.39 is 0 Å². The van der Waals surface area contributed by atoms with Gasteiger partial charge in [-0.1, -0.05) is 29.3 Å². The first-order valence-corrected chi connectivity index (χ1v) is 12.9. The van der Waals surface area contributed by atoms with Crippen LogP contribution in [-0.2, 0) is 11.3 Å². The highest BCUT2D eigenvalue weighted by Gasteiger charge is 2.13. The lowest BCUT2D eigenvalue weighted by atomic mass is 9.96. The summed E-state index contributed by atoms with van der Waals surface area (Å²) in [6.45, 7) is 3.48. The molecule has 1 atom stereocenters. The highest BCUT2D eigenvalue weighted by Crippen LogP contribution is 2.36. The largest absolute Gasteiger partial charge is 0.489 e. The first kappa shape index (κ1) is 29.6. The fraction of sp³-hybridized carbons (Fsp3) is 0.241. The van der Waals surface area contributed by atoms with Gasteiger partial charge in [-0.25, -0.2) is 4.98 Å². The van der Waals surface area contributed by atoms with Gasteiger partial charge in [-0.05, 0) is 53.3 Å². The van der Waals surface area contributed by atoms with Crippen LogP contribution in [0.25, 0.3) is 21.2 Å². The number of hydrogen-bond donors (Lipinski definition) is 2. The van der Waals surface area contributed by atoms with E-state index in [0.717, 1.165) is 33.6 Å². The average Bonchev–Trinajstić information content (AvgIpc) is 3.34. The Morgan fingerprint density at radius 3 is 2.64 bits per heavy atom. The topological polar surface area (TPSA) is 115 Å². The Bertz CT molecular complexity index is 1490. The number of pyridine rings is 1. The quantitative estimate of drug-likeness (QED) is 0.0500. The van der Waals surface area contributed by atoms with Crippen LogP contribution in [0.5, 0.6) is 11.6 Å². The number of rotatable bonds is 12. The number of nitrogens with zero attached hydrogens (tertiary/aromatic N) is 3. The molecule has 204 valence electrons. The summed E-state index contributed by atoms with van der Waals surface area (Å²) in [5.74, 6) is 4.02. The van der Waals surface area contributed by atoms with Crippen molar-refractivity contribution >= 4 is 40.8 Å². The predicted octanol–water partition coefficient (Wildman–Crippen LogP) is 6.64. The minimum atomic E-state index is -0.252. The van der Waals surface area contributed by atoms with Gasteiger partial charge in [-0.2, -0.15) is 19.0 Å². The SMILES string of the molecule is C#C[C@@H](C/C(N)=N/N=N)c1ccc(OCc2ccc3scc(-c4cnc(OCCOC)cc4C)c3c2)cc1.S.[HH]. The summed E-state index contributed by atoms with van der Waals surface area (Å²) >= 11 is 1.71. The van der Waals surface area contributed by atoms with Crippen molar-refractivity contribution in [2.45, 2.75) is 25.9 Å². The predicted molar refractivity (Wildman–Crippen MR) is 163 cm³/mol. The lowest BCUT2D eigenvalue weighted by molar-refractivity contribution is 0.143. The molecule has 0 aliphatic carbocycles. The Morgan fingerprint density at radius 1 is 1.15 bits per heavy atom. The van der Waals surface area contributed by atoms with E-state index >= 15 is 0 Å². The minimum absolute atomic E-state index is 0. The normalized spacial score (nSPS) is 11.9. The Hall–Kier alpha value is -3.91. The van der Waals surface area contributed by atoms with Crippen molar-refractivity contribution < 1.29 is 15.6 Å². The average molecular weight is 564 g/mol. The van der Waals surface area contributed by atoms with Crippen LogP contribution in [0.4, 0.5) is 0 Å². The Kier molecular flexibility index (Phi) is 10.9. The van der Waals surface area contributed by atoms with Gasteiger partial charge in [0.05, 0.1) is 12.5 Å². The first-order valence-electron chi connectivity index (χ1n) is 12.0. The van der Waals surface area contributed by atoms with E-state index in [1.165, 1.54) is 10.1 Å². The first-order chi connectivity index (χ1) is 18.5. The number of benzene rings is 2. The maximum atomic E-state index is 6.80. The fourth-order valence-corrected chi connectivity index (χ4v) is 4.99. The summed E-state index contributed by atoms with van der Waals surface area (Å²) in [4.78, 5) is 4.49. The number of ether oxygens (including phenoxy) is 3. The van der Waals surface area contributed by atoms with Gasteiger partial charge in [0, 0.05) is 48.4 Å². The summed E-state index contributed by atoms with van der Waals surface area (Å²) in [7, 11) is 1.65. The van der Waals surface area contributed by atoms with E-state index in [2.05, 4.69) is 51.7 Å². The van der Waals surface area contributed by atoms with Crippen LogP contribution in [0.1, 0.15) is 30.5 Å². The van der Waals surface area contributed by atoms with Crippen molar-refractivity contribution in [3.63, 3.8) is 0 Å². The summed E-state index contributed by atoms with van der Waals surface area (Å²) in [5.41, 5.74) is 17.9. The van der Waals surface area contributed by atoms with Crippen LogP contribution in [0, 0.1) is 24.8 Å². The van der Waals surface area contributed by atoms with E-state index in [9.17, 15) is 0 Å². The molecular weight excluding hydrogens is 530 g/mol. The summed E-state index contributed by atoms with van der Waals surface area (Å²) in [5, 5.41) is 9.83. The fourth-order valence-electron chi connectivity index (χ4n) is 4.05. The number of nitrogens with one attached hydrogen (secondary N) is 1. The molecule has 0 unspecified atom stereocenters. The van der Waals surface area contributed by atoms with Crippen LogP contribution in [-0.4, -0.2) is 31.1 Å². The molecular formula is C29H33N5O3S2. The number of thiophene rings is 1. The molecule has 0 fully saturated rings. The van der Waals surface area contributed by atoms with E-state index in [-0.39, 0.29) is 26.7 Å². The molecule has 10 heteroatoms. The maximum Gasteiger partial charge on any atom is 0.213 e. The van der Waals surface area contributed by atoms with Crippen LogP contribution >= 0.6 is 24.8 Å². The zero-order valence-corrected chi connectivity index (χ0v) is 23.6. The number of methoxy groups -OCH3 is 1. The molecule has 0 radical (unpaired) electrons. The lowest BCUT2D eigenvalue weighted by Gasteiger charge is -2.12. The van der Waals surface area contributed by atoms with E-state index in [0.29, 0.717) is 32.1 Å². The highest BCUT2D eigenvalue weighted by atomic mass is 32.1. The minimum Gasteiger partial charge on any atom is -0.489 e. The molecule has 0 amide bonds. The van der Waals surface area contributed by atoms with Crippen molar-refractivity contribution in [2.24, 2.45) is 16.1 Å². The van der Waals surface area contributed by atoms with Gasteiger partial charge >= 0.3 is 0 Å². The van der Waals surface area contributed by atoms with E-state index in [4.69, 9.17) is 31.9 Å². The summed E-state index contributed by atoms with van der Waals surface area (Å²) in [6.07, 6.45) is 7.87. The van der Waals surface area contributed by atoms with Crippen molar-refractivity contribution in [2.75, 3.05) is 20.3 Å². The van der Waals surface area contributed by atoms with Crippen LogP contribution in [0.15, 0.2) is 70.4 Å². The smallest absolute Gasteiger partial charge is 0.213 e. The van der Waals surface area contributed by atoms with Gasteiger partial charge < -0.3 is 19.9 Å². The van der Waals surface area contributed by atoms with Gasteiger partial charge in [0.1, 0.15) is 24.8 Å². The number of fused-ring (bicyclic) bond motifs is 1. The molecule has 0 bridgehead atoms. The molecule has 39 heavy (non-hydrogen) atoms. The molecule has 2 aromatic carbocycles. The van der Waals surface area contributed by atoms with E-state index in [1.807, 2.05) is 36.5 Å². The standard InChI is InChI=1S/C29H29N5O3S.H2S.H2/c1-4-21(15-28(30)33-34-31)22-6-8-23(9-7-22)37-17-20-5-10-27-24(14-20)26(18-38-27)25-16-32-29(13-19(25)2)36-12-11-35-3;;/h1,5-10,13-14,16,18,21H,11-12,15,17H2,2-3H3,(H3,30,31,33);1H2;1H/t21-;;/m0../s1. The molecule has 3 N–H and O–H groups in total. The van der Waals surface area contributed by atoms with Crippen LogP contribution in [0.3, 0.4) is 0 Å². The second kappa shape index (κ2) is 14.3. The van der Waals surface area contributed by atoms with Gasteiger partial charge in [0.25, 0.3) is 0 Å². The lowest BCUT2D eigenvalue weighted by Crippen LogP contribution is -2.15. The highest BCUT2D eigenvalue weighted by molar-refractivity contribution is 7.59. The maximum absolute atomic E-state index is 6.80. The van der Waals surface area contributed by atoms with Gasteiger partial charge in [0.2, 0.25) is 5.88 Å². The molecule has 4 aromatic rings. The molecule has 8 nitrogen and oxygen atoms in total. The zero-order chi connectivity index (χ0) is 26.9. The van der Waals surface area contributed by atoms with Crippen LogP contribution < -0.4 is 15.2 Å². The molecule has 2 aromatic heterocycles. The Labute approximate surface area is 240 Å². The monoisotopic (exact) mass is 563 g/mol. The van der Waals surface area contributed by atoms with Gasteiger partial charge in [0.15, 0.2) is 0 Å². The number of nitrogens with two attached hydrogens (primary N) is 1. The molecule has 2 heterocycles. The number of aromatic nitrogens is 1. The van der Waals surface area contributed by atoms with Crippen molar-refractivity contribution in [1.82, 2.24) is 4.98 Å². The molecule has 4 rings (SSSR count). The molecule has 0 aliphatic rings. The summed E-state index contributed by atoms with van der Waals surface area (Å²) < 4.78 is 18.0. The molecule has 0 saturated heterocycles.